The molecule has 2 aliphatic heterocycles. The number of methoxy groups -OCH3 is 1. The Morgan fingerprint density at radius 3 is 2.44 bits per heavy atom. The second-order valence-electron chi connectivity index (χ2n) is 7.00. The van der Waals surface area contributed by atoms with Crippen LogP contribution in [0.4, 0.5) is 10.5 Å². The van der Waals surface area contributed by atoms with Crippen molar-refractivity contribution >= 4 is 41.3 Å². The summed E-state index contributed by atoms with van der Waals surface area (Å²) in [6.45, 7) is -0.692. The minimum absolute atomic E-state index is 0.102. The lowest BCUT2D eigenvalue weighted by molar-refractivity contribution is -0.384. The Balaban J connectivity index is 1.58. The number of ether oxygens (including phenoxy) is 1. The van der Waals surface area contributed by atoms with E-state index in [0.717, 1.165) is 16.7 Å². The molecule has 172 valence electrons. The Bertz CT molecular complexity index is 957. The summed E-state index contributed by atoms with van der Waals surface area (Å²) in [6, 6.07) is 4.49. The van der Waals surface area contributed by atoms with Gasteiger partial charge in [-0.3, -0.25) is 34.7 Å². The average Bonchev–Trinajstić information content (AvgIpc) is 2.76. The molecule has 1 aromatic rings. The SMILES string of the molecule is COC1(NC(=O)NOCc2ccc([N+](=O)[O-])cc2)C(=O)N2CC(C(=O)O)(C(=O)O)CS[C@@H]21. The fourth-order valence-electron chi connectivity index (χ4n) is 3.30. The molecule has 2 saturated heterocycles. The number of carboxylic acid groups (broad SMARTS) is 2. The van der Waals surface area contributed by atoms with Crippen LogP contribution in [0, 0.1) is 15.5 Å². The summed E-state index contributed by atoms with van der Waals surface area (Å²) >= 11 is 0.858. The van der Waals surface area contributed by atoms with Gasteiger partial charge in [0.25, 0.3) is 17.3 Å². The molecule has 14 nitrogen and oxygen atoms in total. The second-order valence-corrected chi connectivity index (χ2v) is 8.07. The van der Waals surface area contributed by atoms with E-state index in [0.29, 0.717) is 5.56 Å². The van der Waals surface area contributed by atoms with Gasteiger partial charge in [0.05, 0.1) is 11.5 Å². The van der Waals surface area contributed by atoms with Gasteiger partial charge in [0.1, 0.15) is 5.37 Å². The Morgan fingerprint density at radius 1 is 1.28 bits per heavy atom. The number of carboxylic acids is 2. The van der Waals surface area contributed by atoms with Crippen molar-refractivity contribution in [2.24, 2.45) is 5.41 Å². The third kappa shape index (κ3) is 3.80. The molecular formula is C17H18N4O10S. The molecule has 0 bridgehead atoms. The van der Waals surface area contributed by atoms with Crippen LogP contribution in [0.5, 0.6) is 0 Å². The van der Waals surface area contributed by atoms with E-state index in [1.807, 2.05) is 0 Å². The maximum absolute atomic E-state index is 12.7. The largest absolute Gasteiger partial charge is 0.480 e. The third-order valence-electron chi connectivity index (χ3n) is 5.13. The van der Waals surface area contributed by atoms with Crippen LogP contribution in [-0.4, -0.2) is 74.4 Å². The Morgan fingerprint density at radius 2 is 1.91 bits per heavy atom. The molecular weight excluding hydrogens is 452 g/mol. The molecule has 2 heterocycles. The fourth-order valence-corrected chi connectivity index (χ4v) is 4.92. The molecule has 0 saturated carbocycles. The number of nitro groups is 1. The van der Waals surface area contributed by atoms with E-state index in [9.17, 15) is 39.5 Å². The van der Waals surface area contributed by atoms with Crippen LogP contribution >= 0.6 is 11.8 Å². The summed E-state index contributed by atoms with van der Waals surface area (Å²) in [5, 5.41) is 30.8. The van der Waals surface area contributed by atoms with Crippen molar-refractivity contribution < 1.29 is 43.9 Å². The number of fused-ring (bicyclic) bond motifs is 1. The predicted octanol–water partition coefficient (Wildman–Crippen LogP) is -0.261. The summed E-state index contributed by atoms with van der Waals surface area (Å²) in [6.07, 6.45) is 0. The van der Waals surface area contributed by atoms with E-state index in [-0.39, 0.29) is 18.0 Å². The van der Waals surface area contributed by atoms with Crippen LogP contribution in [0.3, 0.4) is 0 Å². The van der Waals surface area contributed by atoms with Crippen LogP contribution in [0.1, 0.15) is 5.56 Å². The molecule has 3 rings (SSSR count). The third-order valence-corrected chi connectivity index (χ3v) is 6.69. The zero-order valence-electron chi connectivity index (χ0n) is 16.5. The van der Waals surface area contributed by atoms with Gasteiger partial charge in [0.2, 0.25) is 0 Å². The molecule has 32 heavy (non-hydrogen) atoms. The Labute approximate surface area is 183 Å². The number of nitrogens with one attached hydrogen (secondary N) is 2. The monoisotopic (exact) mass is 470 g/mol. The number of hydroxylamine groups is 1. The predicted molar refractivity (Wildman–Crippen MR) is 105 cm³/mol. The fraction of sp³-hybridized carbons (Fsp3) is 0.412. The van der Waals surface area contributed by atoms with Gasteiger partial charge in [0, 0.05) is 31.5 Å². The highest BCUT2D eigenvalue weighted by molar-refractivity contribution is 8.00. The molecule has 0 spiro atoms. The van der Waals surface area contributed by atoms with Crippen molar-refractivity contribution in [2.75, 3.05) is 19.4 Å². The lowest BCUT2D eigenvalue weighted by atomic mass is 9.86. The number of urea groups is 1. The number of hydrogen-bond donors (Lipinski definition) is 4. The van der Waals surface area contributed by atoms with Crippen molar-refractivity contribution in [3.63, 3.8) is 0 Å². The number of hydrogen-bond acceptors (Lipinski definition) is 9. The normalized spacial score (nSPS) is 23.5. The van der Waals surface area contributed by atoms with Crippen LogP contribution in [0.2, 0.25) is 0 Å². The van der Waals surface area contributed by atoms with E-state index in [1.54, 1.807) is 0 Å². The number of thioether (sulfide) groups is 1. The average molecular weight is 470 g/mol. The Kier molecular flexibility index (Phi) is 6.25. The number of rotatable bonds is 8. The van der Waals surface area contributed by atoms with Crippen LogP contribution in [0.15, 0.2) is 24.3 Å². The first-order valence-corrected chi connectivity index (χ1v) is 10.00. The quantitative estimate of drug-likeness (QED) is 0.128. The van der Waals surface area contributed by atoms with Crippen molar-refractivity contribution in [1.29, 1.82) is 0 Å². The van der Waals surface area contributed by atoms with Gasteiger partial charge in [-0.15, -0.1) is 11.8 Å². The number of amides is 3. The molecule has 0 aliphatic carbocycles. The van der Waals surface area contributed by atoms with E-state index in [2.05, 4.69) is 10.8 Å². The van der Waals surface area contributed by atoms with Crippen LogP contribution in [0.25, 0.3) is 0 Å². The van der Waals surface area contributed by atoms with E-state index >= 15 is 0 Å². The van der Waals surface area contributed by atoms with Crippen LogP contribution < -0.4 is 10.8 Å². The number of non-ortho nitro benzene ring substituents is 1. The Hall–Kier alpha value is -3.43. The zero-order chi connectivity index (χ0) is 23.7. The highest BCUT2D eigenvalue weighted by Gasteiger charge is 2.69. The van der Waals surface area contributed by atoms with Crippen LogP contribution in [-0.2, 0) is 30.6 Å². The van der Waals surface area contributed by atoms with Crippen molar-refractivity contribution in [3.8, 4) is 0 Å². The van der Waals surface area contributed by atoms with Gasteiger partial charge in [-0.25, -0.2) is 10.3 Å². The number of nitrogens with zero attached hydrogens (tertiary/aromatic N) is 2. The van der Waals surface area contributed by atoms with Crippen molar-refractivity contribution in [2.45, 2.75) is 17.7 Å². The van der Waals surface area contributed by atoms with Gasteiger partial charge in [0.15, 0.2) is 5.41 Å². The molecule has 0 radical (unpaired) electrons. The molecule has 4 N–H and O–H groups in total. The maximum atomic E-state index is 12.7. The minimum atomic E-state index is -2.16. The second kappa shape index (κ2) is 8.60. The standard InChI is InChI=1S/C17H18N4O10S/c1-30-17(11(22)20-7-16(13(23)24,14(25)26)8-32-12(17)20)18-15(27)19-31-6-9-2-4-10(5-3-9)21(28)29/h2-5,12H,6-8H2,1H3,(H,23,24)(H,25,26)(H2,18,19,27)/t12-,17?/m1/s1. The first-order chi connectivity index (χ1) is 15.1. The van der Waals surface area contributed by atoms with E-state index in [1.165, 1.54) is 31.4 Å². The number of carbonyl (C=O) groups is 4. The first kappa shape index (κ1) is 23.2. The van der Waals surface area contributed by atoms with Gasteiger partial charge < -0.3 is 19.8 Å². The number of aliphatic carboxylic acids is 2. The first-order valence-electron chi connectivity index (χ1n) is 8.95. The van der Waals surface area contributed by atoms with Crippen molar-refractivity contribution in [1.82, 2.24) is 15.7 Å². The number of nitro benzene ring substituents is 1. The van der Waals surface area contributed by atoms with Gasteiger partial charge in [-0.2, -0.15) is 0 Å². The molecule has 0 aromatic heterocycles. The van der Waals surface area contributed by atoms with Crippen molar-refractivity contribution in [3.05, 3.63) is 39.9 Å². The molecule has 1 unspecified atom stereocenters. The molecule has 2 atom stereocenters. The molecule has 15 heteroatoms. The molecule has 3 amide bonds. The van der Waals surface area contributed by atoms with E-state index < -0.39 is 51.9 Å². The smallest absolute Gasteiger partial charge is 0.341 e. The lowest BCUT2D eigenvalue weighted by Crippen LogP contribution is -2.83. The van der Waals surface area contributed by atoms with Gasteiger partial charge in [-0.1, -0.05) is 0 Å². The summed E-state index contributed by atoms with van der Waals surface area (Å²) in [4.78, 5) is 64.0. The maximum Gasteiger partial charge on any atom is 0.341 e. The number of carbonyl (C=O) groups excluding carboxylic acids is 2. The summed E-state index contributed by atoms with van der Waals surface area (Å²) < 4.78 is 5.22. The molecule has 2 aliphatic rings. The number of β-lactam (4-membered cyclic amide) rings is 1. The minimum Gasteiger partial charge on any atom is -0.480 e. The zero-order valence-corrected chi connectivity index (χ0v) is 17.3. The lowest BCUT2D eigenvalue weighted by Gasteiger charge is -2.57. The summed E-state index contributed by atoms with van der Waals surface area (Å²) in [5.74, 6) is -4.26. The highest BCUT2D eigenvalue weighted by Crippen LogP contribution is 2.47. The molecule has 2 fully saturated rings. The van der Waals surface area contributed by atoms with Gasteiger partial charge >= 0.3 is 18.0 Å². The van der Waals surface area contributed by atoms with Gasteiger partial charge in [-0.05, 0) is 17.7 Å². The summed E-state index contributed by atoms with van der Waals surface area (Å²) in [7, 11) is 1.17. The number of benzene rings is 1. The summed E-state index contributed by atoms with van der Waals surface area (Å²) in [5.41, 5.74) is -1.49. The van der Waals surface area contributed by atoms with E-state index in [4.69, 9.17) is 9.57 Å². The molecule has 1 aromatic carbocycles. The topological polar surface area (TPSA) is 198 Å². The highest BCUT2D eigenvalue weighted by atomic mass is 32.2.